The second-order valence-corrected chi connectivity index (χ2v) is 3.07. The van der Waals surface area contributed by atoms with Gasteiger partial charge in [-0.05, 0) is 6.92 Å². The Bertz CT molecular complexity index is 472. The van der Waals surface area contributed by atoms with Crippen LogP contribution in [0.15, 0.2) is 16.7 Å². The number of hydrogen-bond acceptors (Lipinski definition) is 4. The Morgan fingerprint density at radius 2 is 2.33 bits per heavy atom. The monoisotopic (exact) mass is 206 g/mol. The van der Waals surface area contributed by atoms with Crippen LogP contribution in [0.1, 0.15) is 22.1 Å². The first kappa shape index (κ1) is 9.45. The maximum atomic E-state index is 11.7. The lowest BCUT2D eigenvalue weighted by atomic mass is 10.3. The van der Waals surface area contributed by atoms with Crippen molar-refractivity contribution in [3.05, 3.63) is 29.6 Å². The highest BCUT2D eigenvalue weighted by atomic mass is 16.4. The van der Waals surface area contributed by atoms with Crippen LogP contribution < -0.4 is 5.32 Å². The molecule has 0 aliphatic carbocycles. The predicted molar refractivity (Wildman–Crippen MR) is 52.5 cm³/mol. The van der Waals surface area contributed by atoms with Gasteiger partial charge < -0.3 is 9.73 Å². The van der Waals surface area contributed by atoms with E-state index in [4.69, 9.17) is 4.42 Å². The number of carbonyl (C=O) groups is 1. The van der Waals surface area contributed by atoms with Crippen molar-refractivity contribution in [3.63, 3.8) is 0 Å². The number of aromatic amines is 1. The zero-order valence-corrected chi connectivity index (χ0v) is 8.37. The number of nitrogens with zero attached hydrogens (tertiary/aromatic N) is 2. The highest BCUT2D eigenvalue weighted by molar-refractivity contribution is 6.02. The number of rotatable bonds is 2. The lowest BCUT2D eigenvalue weighted by Crippen LogP contribution is -2.12. The molecular weight excluding hydrogens is 196 g/mol. The molecule has 2 N–H and O–H groups in total. The molecule has 0 fully saturated rings. The van der Waals surface area contributed by atoms with Crippen LogP contribution in [0.2, 0.25) is 0 Å². The first-order valence-corrected chi connectivity index (χ1v) is 4.41. The molecule has 2 heterocycles. The van der Waals surface area contributed by atoms with Crippen molar-refractivity contribution in [1.29, 1.82) is 0 Å². The van der Waals surface area contributed by atoms with E-state index in [0.29, 0.717) is 17.4 Å². The molecule has 0 saturated carbocycles. The molecule has 6 nitrogen and oxygen atoms in total. The fourth-order valence-corrected chi connectivity index (χ4v) is 1.25. The Morgan fingerprint density at radius 3 is 2.87 bits per heavy atom. The van der Waals surface area contributed by atoms with E-state index in [-0.39, 0.29) is 11.7 Å². The molecule has 0 aromatic carbocycles. The largest absolute Gasteiger partial charge is 0.436 e. The van der Waals surface area contributed by atoms with Gasteiger partial charge in [0.1, 0.15) is 5.82 Å². The summed E-state index contributed by atoms with van der Waals surface area (Å²) < 4.78 is 5.17. The molecule has 0 unspecified atom stereocenters. The van der Waals surface area contributed by atoms with Crippen molar-refractivity contribution >= 4 is 11.7 Å². The van der Waals surface area contributed by atoms with Gasteiger partial charge >= 0.3 is 0 Å². The number of H-pyrrole nitrogens is 1. The van der Waals surface area contributed by atoms with Gasteiger partial charge in [-0.1, -0.05) is 0 Å². The van der Waals surface area contributed by atoms with E-state index in [2.05, 4.69) is 20.5 Å². The third-order valence-electron chi connectivity index (χ3n) is 1.86. The zero-order valence-electron chi connectivity index (χ0n) is 8.37. The molecular formula is C9H10N4O2. The quantitative estimate of drug-likeness (QED) is 0.774. The van der Waals surface area contributed by atoms with Crippen LogP contribution in [0.25, 0.3) is 0 Å². The number of aryl methyl sites for hydroxylation is 2. The number of hydrogen-bond donors (Lipinski definition) is 2. The number of anilines is 1. The molecule has 6 heteroatoms. The number of aromatic nitrogens is 3. The Kier molecular flexibility index (Phi) is 2.24. The van der Waals surface area contributed by atoms with E-state index < -0.39 is 0 Å². The smallest absolute Gasteiger partial charge is 0.294 e. The SMILES string of the molecule is Cc1nc(C)c(C(=O)Nc2ccn[nH]2)o1. The fraction of sp³-hybridized carbons (Fsp3) is 0.222. The Hall–Kier alpha value is -2.11. The van der Waals surface area contributed by atoms with Crippen molar-refractivity contribution in [2.45, 2.75) is 13.8 Å². The van der Waals surface area contributed by atoms with Crippen molar-refractivity contribution in [1.82, 2.24) is 15.2 Å². The maximum absolute atomic E-state index is 11.7. The minimum atomic E-state index is -0.336. The lowest BCUT2D eigenvalue weighted by Gasteiger charge is -1.98. The number of carbonyl (C=O) groups excluding carboxylic acids is 1. The summed E-state index contributed by atoms with van der Waals surface area (Å²) in [6.45, 7) is 3.42. The van der Waals surface area contributed by atoms with Gasteiger partial charge in [0.05, 0.1) is 11.9 Å². The third kappa shape index (κ3) is 1.88. The number of nitrogens with one attached hydrogen (secondary N) is 2. The Labute approximate surface area is 85.7 Å². The molecule has 0 atom stereocenters. The molecule has 15 heavy (non-hydrogen) atoms. The standard InChI is InChI=1S/C9H10N4O2/c1-5-8(15-6(2)11-5)9(14)12-7-3-4-10-13-7/h3-4H,1-2H3,(H2,10,12,13,14). The van der Waals surface area contributed by atoms with Gasteiger partial charge in [-0.25, -0.2) is 4.98 Å². The van der Waals surface area contributed by atoms with Crippen molar-refractivity contribution in [2.75, 3.05) is 5.32 Å². The normalized spacial score (nSPS) is 10.3. The number of oxazole rings is 1. The average molecular weight is 206 g/mol. The van der Waals surface area contributed by atoms with Crippen molar-refractivity contribution < 1.29 is 9.21 Å². The van der Waals surface area contributed by atoms with E-state index in [0.717, 1.165) is 0 Å². The second kappa shape index (κ2) is 3.56. The average Bonchev–Trinajstić information content (AvgIpc) is 2.75. The van der Waals surface area contributed by atoms with Crippen LogP contribution in [0, 0.1) is 13.8 Å². The first-order valence-electron chi connectivity index (χ1n) is 4.41. The highest BCUT2D eigenvalue weighted by Gasteiger charge is 2.16. The third-order valence-corrected chi connectivity index (χ3v) is 1.86. The van der Waals surface area contributed by atoms with Crippen LogP contribution in [0.5, 0.6) is 0 Å². The molecule has 0 aliphatic heterocycles. The van der Waals surface area contributed by atoms with E-state index in [1.54, 1.807) is 26.1 Å². The molecule has 2 rings (SSSR count). The van der Waals surface area contributed by atoms with E-state index in [9.17, 15) is 4.79 Å². The van der Waals surface area contributed by atoms with Crippen LogP contribution in [0.3, 0.4) is 0 Å². The molecule has 0 bridgehead atoms. The van der Waals surface area contributed by atoms with Gasteiger partial charge in [-0.15, -0.1) is 0 Å². The molecule has 0 saturated heterocycles. The summed E-state index contributed by atoms with van der Waals surface area (Å²) in [5.74, 6) is 0.884. The van der Waals surface area contributed by atoms with E-state index >= 15 is 0 Å². The maximum Gasteiger partial charge on any atom is 0.294 e. The van der Waals surface area contributed by atoms with E-state index in [1.807, 2.05) is 0 Å². The van der Waals surface area contributed by atoms with Crippen LogP contribution >= 0.6 is 0 Å². The summed E-state index contributed by atoms with van der Waals surface area (Å²) >= 11 is 0. The van der Waals surface area contributed by atoms with Crippen LogP contribution in [0.4, 0.5) is 5.82 Å². The molecule has 0 spiro atoms. The number of amides is 1. The van der Waals surface area contributed by atoms with Gasteiger partial charge in [0, 0.05) is 13.0 Å². The van der Waals surface area contributed by atoms with Gasteiger partial charge in [0.25, 0.3) is 5.91 Å². The van der Waals surface area contributed by atoms with Crippen LogP contribution in [-0.4, -0.2) is 21.1 Å². The minimum absolute atomic E-state index is 0.224. The van der Waals surface area contributed by atoms with Gasteiger partial charge in [0.15, 0.2) is 5.89 Å². The van der Waals surface area contributed by atoms with Gasteiger partial charge in [-0.3, -0.25) is 9.89 Å². The molecule has 0 aliphatic rings. The van der Waals surface area contributed by atoms with Crippen molar-refractivity contribution in [2.24, 2.45) is 0 Å². The van der Waals surface area contributed by atoms with E-state index in [1.165, 1.54) is 0 Å². The Morgan fingerprint density at radius 1 is 1.53 bits per heavy atom. The first-order chi connectivity index (χ1) is 7.16. The predicted octanol–water partition coefficient (Wildman–Crippen LogP) is 1.27. The fourth-order valence-electron chi connectivity index (χ4n) is 1.25. The molecule has 0 radical (unpaired) electrons. The Balaban J connectivity index is 2.18. The highest BCUT2D eigenvalue weighted by Crippen LogP contribution is 2.11. The lowest BCUT2D eigenvalue weighted by molar-refractivity contribution is 0.0994. The summed E-state index contributed by atoms with van der Waals surface area (Å²) in [7, 11) is 0. The van der Waals surface area contributed by atoms with Crippen LogP contribution in [-0.2, 0) is 0 Å². The molecule has 78 valence electrons. The van der Waals surface area contributed by atoms with Crippen molar-refractivity contribution in [3.8, 4) is 0 Å². The summed E-state index contributed by atoms with van der Waals surface area (Å²) in [5.41, 5.74) is 0.574. The molecule has 2 aromatic heterocycles. The minimum Gasteiger partial charge on any atom is -0.436 e. The summed E-state index contributed by atoms with van der Waals surface area (Å²) in [4.78, 5) is 15.7. The molecule has 2 aromatic rings. The summed E-state index contributed by atoms with van der Waals surface area (Å²) in [6.07, 6.45) is 1.55. The zero-order chi connectivity index (χ0) is 10.8. The summed E-state index contributed by atoms with van der Waals surface area (Å²) in [6, 6.07) is 1.65. The topological polar surface area (TPSA) is 83.8 Å². The van der Waals surface area contributed by atoms with Gasteiger partial charge in [-0.2, -0.15) is 5.10 Å². The summed E-state index contributed by atoms with van der Waals surface area (Å²) in [5, 5.41) is 8.93. The van der Waals surface area contributed by atoms with Gasteiger partial charge in [0.2, 0.25) is 5.76 Å². The molecule has 1 amide bonds. The second-order valence-electron chi connectivity index (χ2n) is 3.07.